The molecule has 8 N–H and O–H groups in total. The number of likely N-dealkylation sites (N-methyl/N-ethyl adjacent to an activating group) is 1. The Kier molecular flexibility index (Phi) is 19.7. The Balaban J connectivity index is 1.55. The van der Waals surface area contributed by atoms with Crippen LogP contribution in [0.3, 0.4) is 0 Å². The van der Waals surface area contributed by atoms with E-state index in [1.807, 2.05) is 18.7 Å². The molecule has 0 aliphatic carbocycles. The number of hydrogen-bond acceptors (Lipinski definition) is 19. The molecule has 0 aromatic carbocycles. The van der Waals surface area contributed by atoms with Crippen molar-refractivity contribution in [3.8, 4) is 10.6 Å². The number of fused-ring (bicyclic) bond motifs is 4. The highest BCUT2D eigenvalue weighted by molar-refractivity contribution is 7.13. The second-order valence-electron chi connectivity index (χ2n) is 19.8. The third-order valence-electron chi connectivity index (χ3n) is 13.5. The number of thiazole rings is 1. The fourth-order valence-corrected chi connectivity index (χ4v) is 10.2. The molecule has 0 saturated carbocycles. The number of pyridine rings is 1. The molecule has 21 nitrogen and oxygen atoms in total. The molecule has 1 fully saturated rings. The van der Waals surface area contributed by atoms with Gasteiger partial charge in [0.1, 0.15) is 40.5 Å². The predicted octanol–water partition coefficient (Wildman–Crippen LogP) is 3.44. The van der Waals surface area contributed by atoms with Crippen LogP contribution < -0.4 is 22.1 Å². The summed E-state index contributed by atoms with van der Waals surface area (Å²) in [6.45, 7) is 13.0. The van der Waals surface area contributed by atoms with Gasteiger partial charge in [-0.05, 0) is 98.0 Å². The first-order valence-electron chi connectivity index (χ1n) is 24.2. The smallest absolute Gasteiger partial charge is 0.351 e. The predicted molar refractivity (Wildman–Crippen MR) is 263 cm³/mol. The molecule has 2 aromatic heterocycles. The van der Waals surface area contributed by atoms with Gasteiger partial charge in [0.25, 0.3) is 5.67 Å². The lowest BCUT2D eigenvalue weighted by Crippen LogP contribution is -2.61. The zero-order valence-corrected chi connectivity index (χ0v) is 43.9. The molecule has 1 saturated heterocycles. The van der Waals surface area contributed by atoms with Gasteiger partial charge >= 0.3 is 5.97 Å². The minimum Gasteiger partial charge on any atom is -0.457 e. The molecule has 0 radical (unpaired) electrons. The monoisotopic (exact) mass is 1030 g/mol. The maximum Gasteiger partial charge on any atom is 0.351 e. The number of aliphatic hydroxyl groups is 2. The van der Waals surface area contributed by atoms with Crippen LogP contribution in [0.5, 0.6) is 0 Å². The number of hydrogen-bond donors (Lipinski definition) is 6. The Hall–Kier alpha value is -4.85. The van der Waals surface area contributed by atoms with Crippen LogP contribution in [0, 0.1) is 11.8 Å². The molecule has 3 aliphatic heterocycles. The van der Waals surface area contributed by atoms with E-state index in [2.05, 4.69) is 25.8 Å². The van der Waals surface area contributed by atoms with Gasteiger partial charge < -0.3 is 65.7 Å². The van der Waals surface area contributed by atoms with E-state index in [1.54, 1.807) is 65.5 Å². The number of nitrogens with one attached hydrogen (secondary N) is 2. The number of allylic oxidation sites excluding steroid dienone is 1. The van der Waals surface area contributed by atoms with E-state index in [-0.39, 0.29) is 69.4 Å². The summed E-state index contributed by atoms with van der Waals surface area (Å²) >= 11 is 1.26. The van der Waals surface area contributed by atoms with E-state index in [4.69, 9.17) is 40.0 Å². The van der Waals surface area contributed by atoms with Crippen LogP contribution in [0.15, 0.2) is 40.1 Å². The van der Waals surface area contributed by atoms with Crippen molar-refractivity contribution < 1.29 is 67.1 Å². The molecular formula is C49H73FN8O13S. The van der Waals surface area contributed by atoms with Crippen LogP contribution >= 0.6 is 11.3 Å². The first-order valence-corrected chi connectivity index (χ1v) is 25.1. The van der Waals surface area contributed by atoms with Crippen LogP contribution in [-0.4, -0.2) is 153 Å². The van der Waals surface area contributed by atoms with Gasteiger partial charge in [0, 0.05) is 47.6 Å². The minimum atomic E-state index is -3.26. The summed E-state index contributed by atoms with van der Waals surface area (Å²) in [6.07, 6.45) is -5.16. The van der Waals surface area contributed by atoms with Crippen LogP contribution in [0.1, 0.15) is 107 Å². The van der Waals surface area contributed by atoms with Gasteiger partial charge in [-0.25, -0.2) is 14.2 Å². The van der Waals surface area contributed by atoms with Crippen LogP contribution in [0.2, 0.25) is 0 Å². The average Bonchev–Trinajstić information content (AvgIpc) is 3.79. The number of primary amides is 1. The first kappa shape index (κ1) is 58.0. The molecule has 400 valence electrons. The number of oxime groups is 1. The topological polar surface area (TPSA) is 299 Å². The number of alkyl halides is 1. The highest BCUT2D eigenvalue weighted by atomic mass is 32.1. The van der Waals surface area contributed by atoms with Gasteiger partial charge in [-0.3, -0.25) is 24.2 Å². The molecule has 23 heteroatoms. The lowest BCUT2D eigenvalue weighted by atomic mass is 9.76. The lowest BCUT2D eigenvalue weighted by molar-refractivity contribution is -0.296. The summed E-state index contributed by atoms with van der Waals surface area (Å²) in [6, 6.07) is 2.07. The second kappa shape index (κ2) is 24.5. The molecule has 3 amide bonds. The van der Waals surface area contributed by atoms with Crippen molar-refractivity contribution >= 4 is 52.3 Å². The largest absolute Gasteiger partial charge is 0.457 e. The summed E-state index contributed by atoms with van der Waals surface area (Å²) < 4.78 is 49.0. The fraction of sp³-hybridized carbons (Fsp3) is 0.673. The van der Waals surface area contributed by atoms with E-state index in [0.29, 0.717) is 34.0 Å². The van der Waals surface area contributed by atoms with E-state index in [0.717, 1.165) is 6.92 Å². The Morgan fingerprint density at radius 3 is 2.44 bits per heavy atom. The van der Waals surface area contributed by atoms with Crippen molar-refractivity contribution in [1.29, 1.82) is 0 Å². The van der Waals surface area contributed by atoms with Gasteiger partial charge in [-0.15, -0.1) is 11.3 Å². The lowest BCUT2D eigenvalue weighted by Gasteiger charge is -2.47. The zero-order chi connectivity index (χ0) is 53.5. The number of rotatable bonds is 15. The minimum absolute atomic E-state index is 0.0250. The number of ether oxygens (including phenoxy) is 5. The SMILES string of the molecule is CCC(=O)NC1=C(C)[C@H]2OCC(=NOCc3ccc(-c4nc(NC(=O)[C@@H](N)CCC(N)=O)cs4)cn3)CO[C@](C)(C[C@H]1C)[C@H](O[C@@H]1O[C@H](C)C[C@H](N(C)C)[C@H]1O)[C@@H](C)C(=O)[C@](C)(F)C(=O)O[C@H](CC)[C@@]2(C)O. The molecule has 5 rings (SSSR count). The second-order valence-corrected chi connectivity index (χ2v) is 20.7. The third kappa shape index (κ3) is 13.8. The van der Waals surface area contributed by atoms with E-state index >= 15 is 4.39 Å². The average molecular weight is 1030 g/mol. The van der Waals surface area contributed by atoms with Crippen molar-refractivity contribution in [2.45, 2.75) is 173 Å². The third-order valence-corrected chi connectivity index (χ3v) is 14.4. The van der Waals surface area contributed by atoms with Gasteiger partial charge in [0.15, 0.2) is 18.7 Å². The number of carbonyl (C=O) groups excluding carboxylic acids is 5. The van der Waals surface area contributed by atoms with Crippen molar-refractivity contribution in [1.82, 2.24) is 20.2 Å². The maximum absolute atomic E-state index is 17.0. The number of Topliss-reactive ketones (excluding diaryl/α,β-unsaturated/α-hetero) is 1. The number of halogens is 1. The Bertz CT molecular complexity index is 2310. The summed E-state index contributed by atoms with van der Waals surface area (Å²) in [4.78, 5) is 82.1. The molecule has 72 heavy (non-hydrogen) atoms. The molecule has 13 atom stereocenters. The van der Waals surface area contributed by atoms with Gasteiger partial charge in [0.2, 0.25) is 17.7 Å². The van der Waals surface area contributed by atoms with Crippen LogP contribution in [0.25, 0.3) is 10.6 Å². The van der Waals surface area contributed by atoms with E-state index in [9.17, 15) is 34.2 Å². The van der Waals surface area contributed by atoms with Gasteiger partial charge in [-0.2, -0.15) is 0 Å². The maximum atomic E-state index is 17.0. The van der Waals surface area contributed by atoms with Gasteiger partial charge in [0.05, 0.1) is 42.8 Å². The van der Waals surface area contributed by atoms with Crippen molar-refractivity contribution in [3.63, 3.8) is 0 Å². The Labute approximate surface area is 423 Å². The molecule has 5 heterocycles. The number of nitrogens with two attached hydrogens (primary N) is 2. The zero-order valence-electron chi connectivity index (χ0n) is 43.1. The first-order chi connectivity index (χ1) is 33.7. The van der Waals surface area contributed by atoms with Crippen LogP contribution in [-0.2, 0) is 59.1 Å². The number of anilines is 1. The number of aromatic nitrogens is 2. The van der Waals surface area contributed by atoms with E-state index in [1.165, 1.54) is 25.2 Å². The molecule has 0 spiro atoms. The number of carbonyl (C=O) groups is 5. The number of ketones is 1. The fourth-order valence-electron chi connectivity index (χ4n) is 9.43. The molecule has 3 aliphatic rings. The number of aliphatic hydroxyl groups excluding tert-OH is 1. The summed E-state index contributed by atoms with van der Waals surface area (Å²) in [7, 11) is 3.61. The highest BCUT2D eigenvalue weighted by Gasteiger charge is 2.56. The van der Waals surface area contributed by atoms with Gasteiger partial charge in [-0.1, -0.05) is 32.9 Å². The summed E-state index contributed by atoms with van der Waals surface area (Å²) in [5, 5.41) is 36.5. The quantitative estimate of drug-likeness (QED) is 0.0846. The molecule has 0 unspecified atom stereocenters. The normalized spacial score (nSPS) is 33.1. The summed E-state index contributed by atoms with van der Waals surface area (Å²) in [5.74, 6) is -6.03. The van der Waals surface area contributed by atoms with E-state index < -0.39 is 101 Å². The molecule has 2 aromatic rings. The number of cyclic esters (lactones) is 1. The van der Waals surface area contributed by atoms with Crippen molar-refractivity contribution in [3.05, 3.63) is 40.7 Å². The number of esters is 1. The molecular weight excluding hydrogens is 960 g/mol. The standard InChI is InChI=1S/C49H73FN8O13S/c1-12-34-49(9,65)42-27(5)38(56-37(60)13-2)25(3)19-47(7,41(28(6)40(62)48(8,50)46(64)70-34)71-45-39(61)33(58(10)11)18-26(4)69-45)67-22-31(21-66-42)57-68-23-30-15-14-29(20-53-30)44-55-36(24-72-44)54-43(63)32(51)16-17-35(52)59/h14-15,20,24-26,28,32-34,39,41-42,45,61,65H,12-13,16-19,21-23,51H2,1-11H3,(H2,52,59)(H,54,63)(H,56,60)/t25-,26-,28+,32+,33+,34-,39-,41-,42-,45+,47-,48+,49-/m1/s1. The van der Waals surface area contributed by atoms with Crippen molar-refractivity contribution in [2.75, 3.05) is 32.6 Å². The molecule has 2 bridgehead atoms. The summed E-state index contributed by atoms with van der Waals surface area (Å²) in [5.41, 5.74) is 6.01. The van der Waals surface area contributed by atoms with Crippen LogP contribution in [0.4, 0.5) is 10.2 Å². The Morgan fingerprint density at radius 1 is 1.11 bits per heavy atom. The Morgan fingerprint density at radius 2 is 1.82 bits per heavy atom. The number of amides is 3. The van der Waals surface area contributed by atoms with Crippen molar-refractivity contribution in [2.24, 2.45) is 28.5 Å². The number of nitrogens with zero attached hydrogens (tertiary/aromatic N) is 4. The highest BCUT2D eigenvalue weighted by Crippen LogP contribution is 2.41.